The molecule has 0 bridgehead atoms. The van der Waals surface area contributed by atoms with E-state index in [1.54, 1.807) is 6.92 Å². The molecule has 0 amide bonds. The number of imidazole rings is 1. The van der Waals surface area contributed by atoms with E-state index in [0.717, 1.165) is 9.13 Å². The lowest BCUT2D eigenvalue weighted by Crippen LogP contribution is -2.36. The maximum absolute atomic E-state index is 12.9. The number of phosphoric acid groups is 1. The molecular formula is C13H20N5O9P. The van der Waals surface area contributed by atoms with Gasteiger partial charge < -0.3 is 30.5 Å². The number of aromatic amines is 1. The van der Waals surface area contributed by atoms with Crippen LogP contribution in [0.15, 0.2) is 9.59 Å². The van der Waals surface area contributed by atoms with Crippen LogP contribution in [0.4, 0.5) is 5.95 Å². The van der Waals surface area contributed by atoms with E-state index in [0.29, 0.717) is 6.42 Å². The molecule has 7 N–H and O–H groups in total. The molecule has 15 heteroatoms. The molecule has 3 rings (SSSR count). The zero-order valence-electron chi connectivity index (χ0n) is 14.6. The van der Waals surface area contributed by atoms with E-state index in [1.165, 1.54) is 0 Å². The Morgan fingerprint density at radius 1 is 1.32 bits per heavy atom. The first-order valence-corrected chi connectivity index (χ1v) is 9.80. The predicted octanol–water partition coefficient (Wildman–Crippen LogP) is -2.39. The average molecular weight is 421 g/mol. The number of H-pyrrole nitrogens is 1. The van der Waals surface area contributed by atoms with Gasteiger partial charge in [-0.05, 0) is 6.42 Å². The highest BCUT2D eigenvalue weighted by molar-refractivity contribution is 7.46. The summed E-state index contributed by atoms with van der Waals surface area (Å²) in [6, 6.07) is 0. The highest BCUT2D eigenvalue weighted by Gasteiger charge is 2.46. The molecular weight excluding hydrogens is 401 g/mol. The molecule has 2 unspecified atom stereocenters. The van der Waals surface area contributed by atoms with Crippen LogP contribution in [0.1, 0.15) is 19.6 Å². The highest BCUT2D eigenvalue weighted by Crippen LogP contribution is 2.38. The van der Waals surface area contributed by atoms with Crippen molar-refractivity contribution in [1.29, 1.82) is 0 Å². The number of aromatic nitrogens is 4. The van der Waals surface area contributed by atoms with Crippen LogP contribution in [-0.4, -0.2) is 64.0 Å². The Labute approximate surface area is 156 Å². The van der Waals surface area contributed by atoms with Gasteiger partial charge in [-0.15, -0.1) is 0 Å². The smallest absolute Gasteiger partial charge is 0.387 e. The zero-order valence-corrected chi connectivity index (χ0v) is 15.5. The lowest BCUT2D eigenvalue weighted by atomic mass is 10.1. The minimum Gasteiger partial charge on any atom is -0.387 e. The number of aliphatic hydroxyl groups excluding tert-OH is 2. The van der Waals surface area contributed by atoms with Crippen LogP contribution in [0.3, 0.4) is 0 Å². The van der Waals surface area contributed by atoms with Crippen LogP contribution in [0.5, 0.6) is 0 Å². The van der Waals surface area contributed by atoms with Crippen LogP contribution in [0, 0.1) is 0 Å². The second-order valence-electron chi connectivity index (χ2n) is 6.26. The Bertz CT molecular complexity index is 1040. The lowest BCUT2D eigenvalue weighted by molar-refractivity contribution is -0.0520. The molecule has 2 aromatic rings. The lowest BCUT2D eigenvalue weighted by Gasteiger charge is -2.16. The van der Waals surface area contributed by atoms with Gasteiger partial charge in [-0.1, -0.05) is 6.92 Å². The summed E-state index contributed by atoms with van der Waals surface area (Å²) in [4.78, 5) is 49.0. The molecule has 156 valence electrons. The fraction of sp³-hybridized carbons (Fsp3) is 0.615. The molecule has 0 saturated carbocycles. The summed E-state index contributed by atoms with van der Waals surface area (Å²) in [6.07, 6.45) is -5.60. The Hall–Kier alpha value is -2.06. The normalized spacial score (nSPS) is 25.6. The minimum absolute atomic E-state index is 0.0822. The van der Waals surface area contributed by atoms with Crippen molar-refractivity contribution in [3.05, 3.63) is 20.8 Å². The van der Waals surface area contributed by atoms with Gasteiger partial charge in [-0.3, -0.25) is 18.9 Å². The molecule has 1 saturated heterocycles. The summed E-state index contributed by atoms with van der Waals surface area (Å²) >= 11 is 0. The Kier molecular flexibility index (Phi) is 5.46. The van der Waals surface area contributed by atoms with Crippen LogP contribution in [-0.2, 0) is 20.4 Å². The van der Waals surface area contributed by atoms with E-state index >= 15 is 0 Å². The zero-order chi connectivity index (χ0) is 20.8. The van der Waals surface area contributed by atoms with Crippen LogP contribution >= 0.6 is 7.82 Å². The van der Waals surface area contributed by atoms with Gasteiger partial charge in [-0.25, -0.2) is 13.9 Å². The van der Waals surface area contributed by atoms with Gasteiger partial charge in [0.05, 0.1) is 6.61 Å². The molecule has 0 aromatic carbocycles. The number of rotatable bonds is 6. The summed E-state index contributed by atoms with van der Waals surface area (Å²) in [6.45, 7) is 1.22. The van der Waals surface area contributed by atoms with Gasteiger partial charge >= 0.3 is 13.5 Å². The van der Waals surface area contributed by atoms with Crippen molar-refractivity contribution < 1.29 is 33.8 Å². The third-order valence-corrected chi connectivity index (χ3v) is 4.76. The number of hydrogen-bond donors (Lipinski definition) is 6. The van der Waals surface area contributed by atoms with Crippen LogP contribution < -0.4 is 17.0 Å². The van der Waals surface area contributed by atoms with Gasteiger partial charge in [0.25, 0.3) is 5.56 Å². The number of nitrogen functional groups attached to an aromatic ring is 1. The van der Waals surface area contributed by atoms with Crippen LogP contribution in [0.25, 0.3) is 11.2 Å². The molecule has 0 aliphatic carbocycles. The Morgan fingerprint density at radius 2 is 2.00 bits per heavy atom. The number of nitrogens with zero attached hydrogens (tertiary/aromatic N) is 3. The topological polar surface area (TPSA) is 215 Å². The molecule has 1 aliphatic heterocycles. The van der Waals surface area contributed by atoms with E-state index < -0.39 is 50.2 Å². The number of nitrogens with two attached hydrogens (primary N) is 1. The van der Waals surface area contributed by atoms with E-state index in [9.17, 15) is 24.4 Å². The number of hydrogen-bond acceptors (Lipinski definition) is 9. The van der Waals surface area contributed by atoms with Crippen molar-refractivity contribution >= 4 is 24.9 Å². The summed E-state index contributed by atoms with van der Waals surface area (Å²) < 4.78 is 22.6. The number of nitrogens with one attached hydrogen (secondary N) is 1. The van der Waals surface area contributed by atoms with Crippen molar-refractivity contribution in [2.24, 2.45) is 0 Å². The van der Waals surface area contributed by atoms with Crippen molar-refractivity contribution in [3.63, 3.8) is 0 Å². The van der Waals surface area contributed by atoms with E-state index in [1.807, 2.05) is 0 Å². The SMILES string of the molecule is CCCn1c(=O)n(C2OC(COP(=O)(O)O)[C@@H](O)[C@H]2O)c2nc(N)[nH]c(=O)c21. The molecule has 3 heterocycles. The largest absolute Gasteiger partial charge is 0.469 e. The maximum atomic E-state index is 12.9. The summed E-state index contributed by atoms with van der Waals surface area (Å²) in [5.41, 5.74) is 3.92. The van der Waals surface area contributed by atoms with Gasteiger partial charge in [0.15, 0.2) is 17.4 Å². The van der Waals surface area contributed by atoms with Crippen LogP contribution in [0.2, 0.25) is 0 Å². The van der Waals surface area contributed by atoms with E-state index in [4.69, 9.17) is 20.3 Å². The monoisotopic (exact) mass is 421 g/mol. The first-order valence-electron chi connectivity index (χ1n) is 8.27. The molecule has 2 aromatic heterocycles. The van der Waals surface area contributed by atoms with Gasteiger partial charge in [0, 0.05) is 6.54 Å². The summed E-state index contributed by atoms with van der Waals surface area (Å²) in [7, 11) is -4.84. The number of aryl methyl sites for hydroxylation is 1. The molecule has 14 nitrogen and oxygen atoms in total. The molecule has 1 aliphatic rings. The fourth-order valence-electron chi connectivity index (χ4n) is 3.11. The van der Waals surface area contributed by atoms with Gasteiger partial charge in [-0.2, -0.15) is 4.98 Å². The van der Waals surface area contributed by atoms with E-state index in [-0.39, 0.29) is 23.7 Å². The Balaban J connectivity index is 2.08. The molecule has 1 fully saturated rings. The predicted molar refractivity (Wildman–Crippen MR) is 93.2 cm³/mol. The average Bonchev–Trinajstić information content (AvgIpc) is 3.01. The summed E-state index contributed by atoms with van der Waals surface area (Å²) in [5.74, 6) is -0.269. The van der Waals surface area contributed by atoms with Crippen molar-refractivity contribution in [2.75, 3.05) is 12.3 Å². The first kappa shape index (κ1) is 20.7. The first-order chi connectivity index (χ1) is 13.0. The number of ether oxygens (including phenoxy) is 1. The number of phosphoric ester groups is 1. The molecule has 0 radical (unpaired) electrons. The third-order valence-electron chi connectivity index (χ3n) is 4.28. The van der Waals surface area contributed by atoms with Crippen molar-refractivity contribution in [1.82, 2.24) is 19.1 Å². The molecule has 0 spiro atoms. The molecule has 4 atom stereocenters. The second-order valence-corrected chi connectivity index (χ2v) is 7.50. The summed E-state index contributed by atoms with van der Waals surface area (Å²) in [5, 5.41) is 20.5. The third kappa shape index (κ3) is 3.63. The van der Waals surface area contributed by atoms with Gasteiger partial charge in [0.2, 0.25) is 5.95 Å². The van der Waals surface area contributed by atoms with Crippen molar-refractivity contribution in [3.8, 4) is 0 Å². The number of fused-ring (bicyclic) bond motifs is 1. The van der Waals surface area contributed by atoms with Crippen molar-refractivity contribution in [2.45, 2.75) is 44.4 Å². The highest BCUT2D eigenvalue weighted by atomic mass is 31.2. The number of aliphatic hydroxyl groups is 2. The van der Waals surface area contributed by atoms with E-state index in [2.05, 4.69) is 14.5 Å². The van der Waals surface area contributed by atoms with Gasteiger partial charge in [0.1, 0.15) is 18.3 Å². The molecule has 28 heavy (non-hydrogen) atoms. The fourth-order valence-corrected chi connectivity index (χ4v) is 3.45. The number of anilines is 1. The maximum Gasteiger partial charge on any atom is 0.469 e. The minimum atomic E-state index is -4.84. The quantitative estimate of drug-likeness (QED) is 0.270. The second kappa shape index (κ2) is 7.40. The Morgan fingerprint density at radius 3 is 2.61 bits per heavy atom. The standard InChI is InChI=1S/C13H20N5O9P/c1-2-3-17-6-9(15-12(14)16-10(6)21)18(13(17)22)11-8(20)7(19)5(27-11)4-26-28(23,24)25/h5,7-8,11,19-20H,2-4H2,1H3,(H2,23,24,25)(H3,14,15,16,21)/t5?,7-,8-,11?/m1/s1.